The number of hydrogen-bond donors (Lipinski definition) is 4. The van der Waals surface area contributed by atoms with E-state index in [0.717, 1.165) is 12.0 Å². The highest BCUT2D eigenvalue weighted by atomic mass is 32.2. The van der Waals surface area contributed by atoms with E-state index in [0.29, 0.717) is 24.2 Å². The van der Waals surface area contributed by atoms with Crippen molar-refractivity contribution in [3.63, 3.8) is 0 Å². The third-order valence-electron chi connectivity index (χ3n) is 8.59. The van der Waals surface area contributed by atoms with Crippen molar-refractivity contribution in [2.24, 2.45) is 16.6 Å². The first-order valence-electron chi connectivity index (χ1n) is 15.9. The normalized spacial score (nSPS) is 21.1. The Morgan fingerprint density at radius 3 is 2.21 bits per heavy atom. The van der Waals surface area contributed by atoms with E-state index in [-0.39, 0.29) is 42.8 Å². The number of aliphatic imine (C=N–C) groups is 1. The molecule has 1 aliphatic carbocycles. The highest BCUT2D eigenvalue weighted by molar-refractivity contribution is 7.84. The summed E-state index contributed by atoms with van der Waals surface area (Å²) in [5.41, 5.74) is 7.30. The maximum absolute atomic E-state index is 14.1. The van der Waals surface area contributed by atoms with Gasteiger partial charge in [-0.3, -0.25) is 28.4 Å². The van der Waals surface area contributed by atoms with Gasteiger partial charge in [0.15, 0.2) is 0 Å². The molecule has 1 aliphatic heterocycles. The number of ether oxygens (including phenoxy) is 1. The lowest BCUT2D eigenvalue weighted by molar-refractivity contribution is -0.153. The van der Waals surface area contributed by atoms with Crippen molar-refractivity contribution in [1.82, 2.24) is 15.5 Å². The Morgan fingerprint density at radius 2 is 1.60 bits per heavy atom. The van der Waals surface area contributed by atoms with Gasteiger partial charge in [-0.15, -0.1) is 0 Å². The number of carbonyl (C=O) groups is 5. The van der Waals surface area contributed by atoms with E-state index in [1.165, 1.54) is 25.0 Å². The van der Waals surface area contributed by atoms with Crippen LogP contribution in [0.5, 0.6) is 5.75 Å². The summed E-state index contributed by atoms with van der Waals surface area (Å²) in [4.78, 5) is 70.8. The molecule has 1 heterocycles. The Kier molecular flexibility index (Phi) is 12.5. The molecule has 14 heteroatoms. The summed E-state index contributed by atoms with van der Waals surface area (Å²) < 4.78 is 17.1. The van der Waals surface area contributed by atoms with Crippen molar-refractivity contribution < 1.29 is 38.0 Å². The van der Waals surface area contributed by atoms with Gasteiger partial charge >= 0.3 is 11.9 Å². The topological polar surface area (TPSA) is 198 Å². The number of nitrogens with zero attached hydrogens (tertiary/aromatic N) is 2. The highest BCUT2D eigenvalue weighted by Crippen LogP contribution is 2.43. The summed E-state index contributed by atoms with van der Waals surface area (Å²) in [6.45, 7) is 2.82. The fourth-order valence-electron chi connectivity index (χ4n) is 6.47. The molecule has 2 aromatic carbocycles. The van der Waals surface area contributed by atoms with Crippen LogP contribution in [-0.4, -0.2) is 91.9 Å². The largest absolute Gasteiger partial charge is 0.480 e. The molecule has 4 rings (SSSR count). The van der Waals surface area contributed by atoms with E-state index in [9.17, 15) is 33.3 Å². The van der Waals surface area contributed by atoms with E-state index in [4.69, 9.17) is 10.5 Å². The van der Waals surface area contributed by atoms with Gasteiger partial charge in [-0.25, -0.2) is 4.79 Å². The molecule has 0 radical (unpaired) electrons. The second-order valence-electron chi connectivity index (χ2n) is 12.4. The van der Waals surface area contributed by atoms with Gasteiger partial charge in [0.1, 0.15) is 29.9 Å². The van der Waals surface area contributed by atoms with Gasteiger partial charge in [-0.2, -0.15) is 0 Å². The molecule has 0 spiro atoms. The highest BCUT2D eigenvalue weighted by Gasteiger charge is 2.52. The minimum atomic E-state index is -1.30. The molecule has 2 aliphatic rings. The first-order valence-corrected chi connectivity index (χ1v) is 17.6. The molecule has 0 aromatic heterocycles. The fourth-order valence-corrected chi connectivity index (χ4v) is 7.04. The standard InChI is InChI=1S/C34H43N5O8S/c1-20(35)36-28(17-23-9-13-26(14-10-23)47-21(2)40)32(42)37-27(15-16-48(3)46)31(41)38-29(18-22-7-5-4-6-8-22)33(43)39-25-12-11-24(19-25)30(39)34(44)45/h4-10,13-14,24-25,27-30H,11-12,15-19H2,1-3H3,(H2,35,36)(H,37,42)(H,38,41)(H,44,45)/t24-,25+,27+,28-,29-,30?,48?/m0/s1. The molecule has 5 N–H and O–H groups in total. The number of esters is 1. The zero-order valence-electron chi connectivity index (χ0n) is 27.3. The number of piperidine rings is 1. The van der Waals surface area contributed by atoms with Crippen LogP contribution in [0.25, 0.3) is 0 Å². The van der Waals surface area contributed by atoms with Crippen LogP contribution < -0.4 is 21.1 Å². The Bertz CT molecular complexity index is 1550. The lowest BCUT2D eigenvalue weighted by Crippen LogP contribution is -2.59. The number of likely N-dealkylation sites (tertiary alicyclic amines) is 1. The smallest absolute Gasteiger partial charge is 0.326 e. The number of carboxylic acid groups (broad SMARTS) is 1. The fraction of sp³-hybridized carbons (Fsp3) is 0.471. The summed E-state index contributed by atoms with van der Waals surface area (Å²) in [6.07, 6.45) is 3.73. The van der Waals surface area contributed by atoms with Crippen LogP contribution in [0.15, 0.2) is 59.6 Å². The Morgan fingerprint density at radius 1 is 0.958 bits per heavy atom. The lowest BCUT2D eigenvalue weighted by atomic mass is 9.97. The monoisotopic (exact) mass is 681 g/mol. The van der Waals surface area contributed by atoms with E-state index in [1.807, 2.05) is 18.2 Å². The number of amides is 3. The number of carboxylic acids is 1. The predicted molar refractivity (Wildman–Crippen MR) is 179 cm³/mol. The average molecular weight is 682 g/mol. The first kappa shape index (κ1) is 36.2. The molecule has 2 fully saturated rings. The summed E-state index contributed by atoms with van der Waals surface area (Å²) in [7, 11) is -1.30. The number of carbonyl (C=O) groups excluding carboxylic acids is 4. The zero-order chi connectivity index (χ0) is 35.0. The van der Waals surface area contributed by atoms with Crippen molar-refractivity contribution in [3.8, 4) is 5.75 Å². The number of amidine groups is 1. The Balaban J connectivity index is 1.56. The summed E-state index contributed by atoms with van der Waals surface area (Å²) >= 11 is 0. The number of rotatable bonds is 15. The van der Waals surface area contributed by atoms with E-state index in [1.54, 1.807) is 36.4 Å². The van der Waals surface area contributed by atoms with Gasteiger partial charge in [-0.1, -0.05) is 42.5 Å². The third kappa shape index (κ3) is 9.72. The summed E-state index contributed by atoms with van der Waals surface area (Å²) in [5, 5.41) is 15.5. The maximum Gasteiger partial charge on any atom is 0.326 e. The van der Waals surface area contributed by atoms with E-state index < -0.39 is 64.6 Å². The van der Waals surface area contributed by atoms with Crippen LogP contribution in [-0.2, 0) is 47.6 Å². The lowest BCUT2D eigenvalue weighted by Gasteiger charge is -2.36. The second kappa shape index (κ2) is 16.5. The van der Waals surface area contributed by atoms with Gasteiger partial charge in [0.05, 0.1) is 5.84 Å². The van der Waals surface area contributed by atoms with Crippen LogP contribution in [0.3, 0.4) is 0 Å². The number of aliphatic carboxylic acids is 1. The SMILES string of the molecule is CC(=O)Oc1ccc(C[C@H](N=C(C)N)C(=O)N[C@H](CCS(C)=O)C(=O)N[C@@H](Cc2ccccc2)C(=O)N2C(C(=O)O)[C@H]3CC[C@@H]2C3)cc1. The molecule has 13 nitrogen and oxygen atoms in total. The molecule has 1 saturated heterocycles. The van der Waals surface area contributed by atoms with Crippen LogP contribution in [0.2, 0.25) is 0 Å². The molecule has 2 unspecified atom stereocenters. The predicted octanol–water partition coefficient (Wildman–Crippen LogP) is 1.35. The quantitative estimate of drug-likeness (QED) is 0.0928. The van der Waals surface area contributed by atoms with Crippen molar-refractivity contribution in [2.45, 2.75) is 82.6 Å². The van der Waals surface area contributed by atoms with Crippen LogP contribution in [0, 0.1) is 5.92 Å². The van der Waals surface area contributed by atoms with Gasteiger partial charge in [0.2, 0.25) is 17.7 Å². The molecule has 7 atom stereocenters. The Labute approximate surface area is 282 Å². The van der Waals surface area contributed by atoms with Crippen LogP contribution >= 0.6 is 0 Å². The van der Waals surface area contributed by atoms with E-state index >= 15 is 0 Å². The van der Waals surface area contributed by atoms with Crippen molar-refractivity contribution >= 4 is 46.3 Å². The minimum absolute atomic E-state index is 0.00815. The average Bonchev–Trinajstić information content (AvgIpc) is 3.65. The number of nitrogens with one attached hydrogen (secondary N) is 2. The van der Waals surface area contributed by atoms with Crippen LogP contribution in [0.4, 0.5) is 0 Å². The number of benzene rings is 2. The van der Waals surface area contributed by atoms with Gasteiger partial charge < -0.3 is 31.1 Å². The Hall–Kier alpha value is -4.59. The van der Waals surface area contributed by atoms with Crippen molar-refractivity contribution in [2.75, 3.05) is 12.0 Å². The summed E-state index contributed by atoms with van der Waals surface area (Å²) in [6, 6.07) is 11.1. The maximum atomic E-state index is 14.1. The molecular formula is C34H43N5O8S. The van der Waals surface area contributed by atoms with Crippen molar-refractivity contribution in [1.29, 1.82) is 0 Å². The molecule has 1 saturated carbocycles. The van der Waals surface area contributed by atoms with Crippen LogP contribution in [0.1, 0.15) is 50.7 Å². The molecule has 3 amide bonds. The van der Waals surface area contributed by atoms with Gasteiger partial charge in [0, 0.05) is 48.6 Å². The van der Waals surface area contributed by atoms with Gasteiger partial charge in [0.25, 0.3) is 0 Å². The molecule has 258 valence electrons. The number of nitrogens with two attached hydrogens (primary N) is 1. The molecule has 48 heavy (non-hydrogen) atoms. The first-order chi connectivity index (χ1) is 22.8. The van der Waals surface area contributed by atoms with Gasteiger partial charge in [-0.05, 0) is 61.8 Å². The second-order valence-corrected chi connectivity index (χ2v) is 13.9. The molecule has 2 aromatic rings. The molecular weight excluding hydrogens is 638 g/mol. The minimum Gasteiger partial charge on any atom is -0.480 e. The zero-order valence-corrected chi connectivity index (χ0v) is 28.1. The van der Waals surface area contributed by atoms with E-state index in [2.05, 4.69) is 15.6 Å². The number of hydrogen-bond acceptors (Lipinski definition) is 8. The molecule has 2 bridgehead atoms. The summed E-state index contributed by atoms with van der Waals surface area (Å²) in [5.74, 6) is -2.88. The van der Waals surface area contributed by atoms with Crippen molar-refractivity contribution in [3.05, 3.63) is 65.7 Å². The third-order valence-corrected chi connectivity index (χ3v) is 9.40. The number of fused-ring (bicyclic) bond motifs is 2.